The summed E-state index contributed by atoms with van der Waals surface area (Å²) in [5.41, 5.74) is 6.80. The zero-order chi connectivity index (χ0) is 15.7. The summed E-state index contributed by atoms with van der Waals surface area (Å²) in [5, 5.41) is 10.00. The summed E-state index contributed by atoms with van der Waals surface area (Å²) in [6.45, 7) is 1.75. The van der Waals surface area contributed by atoms with Gasteiger partial charge in [-0.15, -0.1) is 0 Å². The molecule has 7 heteroatoms. The van der Waals surface area contributed by atoms with Gasteiger partial charge in [0.2, 0.25) is 5.95 Å². The Kier molecular flexibility index (Phi) is 3.89. The third kappa shape index (κ3) is 2.48. The third-order valence-corrected chi connectivity index (χ3v) is 4.05. The SMILES string of the molecule is COc1cc2nc(N3CCC(CO)C3)nc(N)c2cc1OC. The Morgan fingerprint density at radius 2 is 2.00 bits per heavy atom. The van der Waals surface area contributed by atoms with Crippen molar-refractivity contribution in [3.05, 3.63) is 12.1 Å². The van der Waals surface area contributed by atoms with Crippen LogP contribution in [0.5, 0.6) is 11.5 Å². The molecule has 2 heterocycles. The van der Waals surface area contributed by atoms with E-state index in [1.807, 2.05) is 4.90 Å². The fourth-order valence-corrected chi connectivity index (χ4v) is 2.77. The Morgan fingerprint density at radius 3 is 2.64 bits per heavy atom. The van der Waals surface area contributed by atoms with Crippen LogP contribution in [0.25, 0.3) is 10.9 Å². The summed E-state index contributed by atoms with van der Waals surface area (Å²) in [5.74, 6) is 2.47. The quantitative estimate of drug-likeness (QED) is 0.871. The lowest BCUT2D eigenvalue weighted by molar-refractivity contribution is 0.238. The number of methoxy groups -OCH3 is 2. The maximum Gasteiger partial charge on any atom is 0.227 e. The van der Waals surface area contributed by atoms with E-state index in [2.05, 4.69) is 9.97 Å². The molecule has 0 amide bonds. The number of nitrogens with two attached hydrogens (primary N) is 1. The van der Waals surface area contributed by atoms with Crippen LogP contribution in [0.15, 0.2) is 12.1 Å². The standard InChI is InChI=1S/C15H20N4O3/c1-21-12-5-10-11(6-13(12)22-2)17-15(18-14(10)16)19-4-3-9(7-19)8-20/h5-6,9,20H,3-4,7-8H2,1-2H3,(H2,16,17,18). The molecule has 1 aliphatic rings. The van der Waals surface area contributed by atoms with E-state index in [1.54, 1.807) is 26.4 Å². The van der Waals surface area contributed by atoms with E-state index in [4.69, 9.17) is 15.2 Å². The molecule has 3 rings (SSSR count). The van der Waals surface area contributed by atoms with Crippen molar-refractivity contribution in [1.82, 2.24) is 9.97 Å². The molecule has 2 aromatic rings. The van der Waals surface area contributed by atoms with Crippen molar-refractivity contribution in [3.63, 3.8) is 0 Å². The second-order valence-electron chi connectivity index (χ2n) is 5.42. The predicted octanol–water partition coefficient (Wildman–Crippen LogP) is 1.05. The summed E-state index contributed by atoms with van der Waals surface area (Å²) in [4.78, 5) is 11.0. The molecule has 118 valence electrons. The number of hydrogen-bond acceptors (Lipinski definition) is 7. The molecular formula is C15H20N4O3. The summed E-state index contributed by atoms with van der Waals surface area (Å²) >= 11 is 0. The molecule has 1 atom stereocenters. The molecular weight excluding hydrogens is 284 g/mol. The largest absolute Gasteiger partial charge is 0.493 e. The average molecular weight is 304 g/mol. The lowest BCUT2D eigenvalue weighted by atomic mass is 10.1. The van der Waals surface area contributed by atoms with Crippen molar-refractivity contribution in [2.75, 3.05) is 44.5 Å². The van der Waals surface area contributed by atoms with Gasteiger partial charge in [-0.3, -0.25) is 0 Å². The van der Waals surface area contributed by atoms with Crippen LogP contribution in [0.1, 0.15) is 6.42 Å². The number of aliphatic hydroxyl groups excluding tert-OH is 1. The lowest BCUT2D eigenvalue weighted by Crippen LogP contribution is -2.23. The second kappa shape index (κ2) is 5.84. The number of ether oxygens (including phenoxy) is 2. The van der Waals surface area contributed by atoms with Crippen molar-refractivity contribution in [2.45, 2.75) is 6.42 Å². The Bertz CT molecular complexity index is 692. The van der Waals surface area contributed by atoms with Crippen LogP contribution in [0.2, 0.25) is 0 Å². The minimum absolute atomic E-state index is 0.185. The number of fused-ring (bicyclic) bond motifs is 1. The zero-order valence-corrected chi connectivity index (χ0v) is 12.7. The van der Waals surface area contributed by atoms with Crippen LogP contribution in [-0.4, -0.2) is 49.0 Å². The molecule has 0 saturated carbocycles. The molecule has 0 aliphatic carbocycles. The minimum Gasteiger partial charge on any atom is -0.493 e. The van der Waals surface area contributed by atoms with Crippen LogP contribution in [-0.2, 0) is 0 Å². The highest BCUT2D eigenvalue weighted by molar-refractivity contribution is 5.91. The highest BCUT2D eigenvalue weighted by atomic mass is 16.5. The van der Waals surface area contributed by atoms with E-state index < -0.39 is 0 Å². The normalized spacial score (nSPS) is 18.0. The van der Waals surface area contributed by atoms with Gasteiger partial charge < -0.3 is 25.2 Å². The number of nitrogen functional groups attached to an aromatic ring is 1. The van der Waals surface area contributed by atoms with E-state index in [0.29, 0.717) is 28.8 Å². The van der Waals surface area contributed by atoms with Crippen molar-refractivity contribution >= 4 is 22.7 Å². The smallest absolute Gasteiger partial charge is 0.227 e. The molecule has 1 aromatic heterocycles. The first-order chi connectivity index (χ1) is 10.7. The van der Waals surface area contributed by atoms with E-state index in [0.717, 1.165) is 24.9 Å². The van der Waals surface area contributed by atoms with E-state index in [-0.39, 0.29) is 12.5 Å². The molecule has 0 radical (unpaired) electrons. The first-order valence-electron chi connectivity index (χ1n) is 7.21. The number of benzene rings is 1. The van der Waals surface area contributed by atoms with Crippen molar-refractivity contribution in [2.24, 2.45) is 5.92 Å². The summed E-state index contributed by atoms with van der Waals surface area (Å²) in [7, 11) is 3.16. The number of hydrogen-bond donors (Lipinski definition) is 2. The van der Waals surface area contributed by atoms with Crippen LogP contribution in [0, 0.1) is 5.92 Å². The number of nitrogens with zero attached hydrogens (tertiary/aromatic N) is 3. The molecule has 0 spiro atoms. The zero-order valence-electron chi connectivity index (χ0n) is 12.7. The molecule has 1 aliphatic heterocycles. The summed E-state index contributed by atoms with van der Waals surface area (Å²) in [6.07, 6.45) is 0.934. The number of rotatable bonds is 4. The van der Waals surface area contributed by atoms with E-state index >= 15 is 0 Å². The van der Waals surface area contributed by atoms with Gasteiger partial charge >= 0.3 is 0 Å². The van der Waals surface area contributed by atoms with E-state index in [1.165, 1.54) is 0 Å². The molecule has 1 fully saturated rings. The molecule has 1 aromatic carbocycles. The minimum atomic E-state index is 0.185. The second-order valence-corrected chi connectivity index (χ2v) is 5.42. The van der Waals surface area contributed by atoms with Gasteiger partial charge in [-0.25, -0.2) is 4.98 Å². The summed E-state index contributed by atoms with van der Waals surface area (Å²) < 4.78 is 10.6. The Hall–Kier alpha value is -2.28. The third-order valence-electron chi connectivity index (χ3n) is 4.05. The fourth-order valence-electron chi connectivity index (χ4n) is 2.77. The van der Waals surface area contributed by atoms with Gasteiger partial charge in [-0.2, -0.15) is 4.98 Å². The Morgan fingerprint density at radius 1 is 1.27 bits per heavy atom. The highest BCUT2D eigenvalue weighted by Gasteiger charge is 2.24. The van der Waals surface area contributed by atoms with Crippen molar-refractivity contribution < 1.29 is 14.6 Å². The maximum atomic E-state index is 9.26. The maximum absolute atomic E-state index is 9.26. The van der Waals surface area contributed by atoms with Gasteiger partial charge in [0.05, 0.1) is 19.7 Å². The molecule has 1 unspecified atom stereocenters. The number of aromatic nitrogens is 2. The highest BCUT2D eigenvalue weighted by Crippen LogP contribution is 2.34. The Balaban J connectivity index is 2.04. The van der Waals surface area contributed by atoms with E-state index in [9.17, 15) is 5.11 Å². The van der Waals surface area contributed by atoms with Gasteiger partial charge in [0.1, 0.15) is 5.82 Å². The lowest BCUT2D eigenvalue weighted by Gasteiger charge is -2.17. The van der Waals surface area contributed by atoms with Crippen LogP contribution < -0.4 is 20.1 Å². The average Bonchev–Trinajstić information content (AvgIpc) is 3.02. The summed E-state index contributed by atoms with van der Waals surface area (Å²) in [6, 6.07) is 3.59. The molecule has 7 nitrogen and oxygen atoms in total. The number of anilines is 2. The predicted molar refractivity (Wildman–Crippen MR) is 84.5 cm³/mol. The van der Waals surface area contributed by atoms with Gasteiger partial charge in [0.25, 0.3) is 0 Å². The molecule has 22 heavy (non-hydrogen) atoms. The van der Waals surface area contributed by atoms with Gasteiger partial charge in [0, 0.05) is 37.1 Å². The molecule has 0 bridgehead atoms. The Labute approximate surface area is 128 Å². The topological polar surface area (TPSA) is 93.7 Å². The van der Waals surface area contributed by atoms with Gasteiger partial charge in [-0.1, -0.05) is 0 Å². The van der Waals surface area contributed by atoms with Crippen molar-refractivity contribution in [1.29, 1.82) is 0 Å². The molecule has 1 saturated heterocycles. The fraction of sp³-hybridized carbons (Fsp3) is 0.467. The van der Waals surface area contributed by atoms with Crippen LogP contribution in [0.3, 0.4) is 0 Å². The van der Waals surface area contributed by atoms with Gasteiger partial charge in [0.15, 0.2) is 11.5 Å². The van der Waals surface area contributed by atoms with Crippen LogP contribution in [0.4, 0.5) is 11.8 Å². The number of aliphatic hydroxyl groups is 1. The van der Waals surface area contributed by atoms with Crippen molar-refractivity contribution in [3.8, 4) is 11.5 Å². The van der Waals surface area contributed by atoms with Crippen LogP contribution >= 0.6 is 0 Å². The first kappa shape index (κ1) is 14.6. The first-order valence-corrected chi connectivity index (χ1v) is 7.21. The molecule has 3 N–H and O–H groups in total. The monoisotopic (exact) mass is 304 g/mol. The van der Waals surface area contributed by atoms with Gasteiger partial charge in [-0.05, 0) is 12.5 Å².